The minimum Gasteiger partial charge on any atom is -0.319 e. The van der Waals surface area contributed by atoms with Crippen LogP contribution in [0.15, 0.2) is 28.9 Å². The Morgan fingerprint density at radius 1 is 1.50 bits per heavy atom. The van der Waals surface area contributed by atoms with Gasteiger partial charge in [0.05, 0.1) is 22.4 Å². The molecule has 1 unspecified atom stereocenters. The van der Waals surface area contributed by atoms with Gasteiger partial charge in [-0.15, -0.1) is 0 Å². The Balaban J connectivity index is 2.47. The van der Waals surface area contributed by atoms with Crippen molar-refractivity contribution in [3.63, 3.8) is 0 Å². The summed E-state index contributed by atoms with van der Waals surface area (Å²) >= 11 is 9.47. The second kappa shape index (κ2) is 5.43. The van der Waals surface area contributed by atoms with E-state index >= 15 is 0 Å². The van der Waals surface area contributed by atoms with Gasteiger partial charge in [-0.25, -0.2) is 0 Å². The molecule has 0 fully saturated rings. The lowest BCUT2D eigenvalue weighted by atomic mass is 9.99. The highest BCUT2D eigenvalue weighted by Crippen LogP contribution is 2.29. The SMILES string of the molecule is CCn1ncc(Br)c1C(N)c1ccc(Cl)cc1C. The van der Waals surface area contributed by atoms with Gasteiger partial charge in [-0.05, 0) is 53.0 Å². The highest BCUT2D eigenvalue weighted by molar-refractivity contribution is 9.10. The summed E-state index contributed by atoms with van der Waals surface area (Å²) in [4.78, 5) is 0. The van der Waals surface area contributed by atoms with Crippen molar-refractivity contribution in [2.75, 3.05) is 0 Å². The van der Waals surface area contributed by atoms with Crippen LogP contribution in [0.5, 0.6) is 0 Å². The number of aromatic nitrogens is 2. The van der Waals surface area contributed by atoms with Crippen molar-refractivity contribution in [1.82, 2.24) is 9.78 Å². The Kier molecular flexibility index (Phi) is 4.10. The fourth-order valence-electron chi connectivity index (χ4n) is 2.07. The van der Waals surface area contributed by atoms with Crippen LogP contribution in [0.4, 0.5) is 0 Å². The first-order valence-corrected chi connectivity index (χ1v) is 6.94. The van der Waals surface area contributed by atoms with Crippen LogP contribution in [-0.4, -0.2) is 9.78 Å². The lowest BCUT2D eigenvalue weighted by molar-refractivity contribution is 0.599. The molecule has 0 saturated carbocycles. The van der Waals surface area contributed by atoms with Crippen LogP contribution in [0.1, 0.15) is 29.8 Å². The van der Waals surface area contributed by atoms with Crippen LogP contribution >= 0.6 is 27.5 Å². The predicted molar refractivity (Wildman–Crippen MR) is 77.8 cm³/mol. The predicted octanol–water partition coefficient (Wildman–Crippen LogP) is 3.68. The molecule has 2 N–H and O–H groups in total. The molecule has 96 valence electrons. The van der Waals surface area contributed by atoms with Crippen LogP contribution in [0.2, 0.25) is 5.02 Å². The molecule has 18 heavy (non-hydrogen) atoms. The molecule has 1 aromatic carbocycles. The van der Waals surface area contributed by atoms with Crippen molar-refractivity contribution < 1.29 is 0 Å². The monoisotopic (exact) mass is 327 g/mol. The molecule has 5 heteroatoms. The fourth-order valence-corrected chi connectivity index (χ4v) is 2.84. The Labute approximate surface area is 120 Å². The number of rotatable bonds is 3. The van der Waals surface area contributed by atoms with Gasteiger partial charge in [0.2, 0.25) is 0 Å². The van der Waals surface area contributed by atoms with E-state index in [1.807, 2.05) is 36.7 Å². The number of halogens is 2. The fraction of sp³-hybridized carbons (Fsp3) is 0.308. The molecule has 2 rings (SSSR count). The Morgan fingerprint density at radius 3 is 2.83 bits per heavy atom. The summed E-state index contributed by atoms with van der Waals surface area (Å²) in [6.07, 6.45) is 1.78. The normalized spacial score (nSPS) is 12.7. The minimum absolute atomic E-state index is 0.209. The summed E-state index contributed by atoms with van der Waals surface area (Å²) in [7, 11) is 0. The van der Waals surface area contributed by atoms with Gasteiger partial charge in [-0.2, -0.15) is 5.10 Å². The maximum absolute atomic E-state index is 6.35. The summed E-state index contributed by atoms with van der Waals surface area (Å²) in [5, 5.41) is 5.02. The molecule has 0 aliphatic carbocycles. The lowest BCUT2D eigenvalue weighted by Gasteiger charge is -2.17. The topological polar surface area (TPSA) is 43.8 Å². The van der Waals surface area contributed by atoms with E-state index in [1.165, 1.54) is 0 Å². The average Bonchev–Trinajstić information content (AvgIpc) is 2.69. The summed E-state index contributed by atoms with van der Waals surface area (Å²) < 4.78 is 2.84. The van der Waals surface area contributed by atoms with Crippen molar-refractivity contribution in [3.05, 3.63) is 50.7 Å². The van der Waals surface area contributed by atoms with E-state index in [0.29, 0.717) is 0 Å². The van der Waals surface area contributed by atoms with Gasteiger partial charge in [0.1, 0.15) is 0 Å². The molecule has 0 bridgehead atoms. The third kappa shape index (κ3) is 2.46. The van der Waals surface area contributed by atoms with Gasteiger partial charge in [-0.3, -0.25) is 4.68 Å². The molecule has 1 heterocycles. The van der Waals surface area contributed by atoms with E-state index in [-0.39, 0.29) is 6.04 Å². The highest BCUT2D eigenvalue weighted by Gasteiger charge is 2.19. The minimum atomic E-state index is -0.209. The highest BCUT2D eigenvalue weighted by atomic mass is 79.9. The number of nitrogens with zero attached hydrogens (tertiary/aromatic N) is 2. The van der Waals surface area contributed by atoms with Gasteiger partial charge in [0.15, 0.2) is 0 Å². The number of hydrogen-bond donors (Lipinski definition) is 1. The van der Waals surface area contributed by atoms with Crippen LogP contribution < -0.4 is 5.73 Å². The molecule has 0 aliphatic heterocycles. The molecule has 0 radical (unpaired) electrons. The van der Waals surface area contributed by atoms with Gasteiger partial charge >= 0.3 is 0 Å². The van der Waals surface area contributed by atoms with E-state index in [2.05, 4.69) is 21.0 Å². The zero-order chi connectivity index (χ0) is 13.3. The largest absolute Gasteiger partial charge is 0.319 e. The van der Waals surface area contributed by atoms with Crippen LogP contribution in [0, 0.1) is 6.92 Å². The van der Waals surface area contributed by atoms with Gasteiger partial charge < -0.3 is 5.73 Å². The van der Waals surface area contributed by atoms with Crippen molar-refractivity contribution in [2.45, 2.75) is 26.4 Å². The van der Waals surface area contributed by atoms with E-state index in [9.17, 15) is 0 Å². The second-order valence-corrected chi connectivity index (χ2v) is 5.46. The first kappa shape index (κ1) is 13.6. The van der Waals surface area contributed by atoms with Crippen molar-refractivity contribution in [3.8, 4) is 0 Å². The maximum atomic E-state index is 6.35. The number of benzene rings is 1. The smallest absolute Gasteiger partial charge is 0.0738 e. The zero-order valence-corrected chi connectivity index (χ0v) is 12.7. The summed E-state index contributed by atoms with van der Waals surface area (Å²) in [5.74, 6) is 0. The van der Waals surface area contributed by atoms with Crippen LogP contribution in [0.25, 0.3) is 0 Å². The van der Waals surface area contributed by atoms with Crippen molar-refractivity contribution >= 4 is 27.5 Å². The van der Waals surface area contributed by atoms with Crippen molar-refractivity contribution in [2.24, 2.45) is 5.73 Å². The molecule has 1 atom stereocenters. The van der Waals surface area contributed by atoms with E-state index in [4.69, 9.17) is 17.3 Å². The molecule has 1 aromatic heterocycles. The molecular weight excluding hydrogens is 314 g/mol. The van der Waals surface area contributed by atoms with E-state index in [1.54, 1.807) is 6.20 Å². The summed E-state index contributed by atoms with van der Waals surface area (Å²) in [6.45, 7) is 4.85. The van der Waals surface area contributed by atoms with Gasteiger partial charge in [0.25, 0.3) is 0 Å². The Hall–Kier alpha value is -0.840. The Bertz CT molecular complexity index is 565. The molecule has 0 aliphatic rings. The number of hydrogen-bond acceptors (Lipinski definition) is 2. The molecule has 3 nitrogen and oxygen atoms in total. The van der Waals surface area contributed by atoms with E-state index < -0.39 is 0 Å². The Morgan fingerprint density at radius 2 is 2.22 bits per heavy atom. The van der Waals surface area contributed by atoms with Crippen molar-refractivity contribution in [1.29, 1.82) is 0 Å². The molecule has 0 saturated heterocycles. The quantitative estimate of drug-likeness (QED) is 0.934. The number of aryl methyl sites for hydroxylation is 2. The molecule has 0 amide bonds. The third-order valence-corrected chi connectivity index (χ3v) is 3.84. The molecular formula is C13H15BrClN3. The zero-order valence-electron chi connectivity index (χ0n) is 10.3. The summed E-state index contributed by atoms with van der Waals surface area (Å²) in [6, 6.07) is 5.56. The lowest BCUT2D eigenvalue weighted by Crippen LogP contribution is -2.18. The van der Waals surface area contributed by atoms with E-state index in [0.717, 1.165) is 32.9 Å². The van der Waals surface area contributed by atoms with Crippen LogP contribution in [-0.2, 0) is 6.54 Å². The molecule has 0 spiro atoms. The first-order chi connectivity index (χ1) is 8.54. The maximum Gasteiger partial charge on any atom is 0.0738 e. The summed E-state index contributed by atoms with van der Waals surface area (Å²) in [5.41, 5.74) is 9.50. The third-order valence-electron chi connectivity index (χ3n) is 2.99. The molecule has 2 aromatic rings. The second-order valence-electron chi connectivity index (χ2n) is 4.17. The number of nitrogens with two attached hydrogens (primary N) is 1. The first-order valence-electron chi connectivity index (χ1n) is 5.77. The average molecular weight is 329 g/mol. The van der Waals surface area contributed by atoms with Gasteiger partial charge in [-0.1, -0.05) is 17.7 Å². The standard InChI is InChI=1S/C13H15BrClN3/c1-3-18-13(11(14)7-17-18)12(16)10-5-4-9(15)6-8(10)2/h4-7,12H,3,16H2,1-2H3. The van der Waals surface area contributed by atoms with Gasteiger partial charge in [0, 0.05) is 11.6 Å². The van der Waals surface area contributed by atoms with Crippen LogP contribution in [0.3, 0.4) is 0 Å².